The van der Waals surface area contributed by atoms with E-state index in [2.05, 4.69) is 50.4 Å². The molecule has 0 saturated carbocycles. The molecule has 2 heteroatoms. The topological polar surface area (TPSA) is 24.9 Å². The highest BCUT2D eigenvalue weighted by Gasteiger charge is 2.08. The van der Waals surface area contributed by atoms with E-state index in [0.29, 0.717) is 6.04 Å². The summed E-state index contributed by atoms with van der Waals surface area (Å²) in [7, 11) is 0. The molecular formula is C16H22N2. The summed E-state index contributed by atoms with van der Waals surface area (Å²) >= 11 is 0. The van der Waals surface area contributed by atoms with Gasteiger partial charge in [-0.3, -0.25) is 0 Å². The number of hydrogen-bond acceptors (Lipinski definition) is 2. The molecule has 0 radical (unpaired) electrons. The van der Waals surface area contributed by atoms with Gasteiger partial charge in [-0.15, -0.1) is 0 Å². The van der Waals surface area contributed by atoms with E-state index in [-0.39, 0.29) is 0 Å². The molecule has 1 heterocycles. The van der Waals surface area contributed by atoms with Gasteiger partial charge < -0.3 is 5.32 Å². The lowest BCUT2D eigenvalue weighted by molar-refractivity contribution is 0.620. The Bertz CT molecular complexity index is 519. The molecule has 96 valence electrons. The van der Waals surface area contributed by atoms with E-state index in [9.17, 15) is 0 Å². The molecule has 2 nitrogen and oxygen atoms in total. The quantitative estimate of drug-likeness (QED) is 0.833. The minimum Gasteiger partial charge on any atom is -0.367 e. The maximum atomic E-state index is 4.73. The summed E-state index contributed by atoms with van der Waals surface area (Å²) in [5, 5.41) is 4.79. The van der Waals surface area contributed by atoms with E-state index in [1.54, 1.807) is 0 Å². The van der Waals surface area contributed by atoms with Crippen LogP contribution in [0, 0.1) is 6.92 Å². The number of nitrogens with one attached hydrogen (secondary N) is 1. The minimum absolute atomic E-state index is 0.530. The standard InChI is InChI=1S/C16H22N2/c1-4-8-14(5-2)17-16-12(3)11-13-9-6-7-10-15(13)18-16/h6-7,9-11,14H,4-5,8H2,1-3H3,(H,17,18). The molecule has 0 aliphatic heterocycles. The van der Waals surface area contributed by atoms with Gasteiger partial charge in [0.05, 0.1) is 5.52 Å². The van der Waals surface area contributed by atoms with Gasteiger partial charge in [0.15, 0.2) is 0 Å². The molecule has 1 N–H and O–H groups in total. The molecule has 0 aliphatic rings. The van der Waals surface area contributed by atoms with E-state index in [1.165, 1.54) is 23.8 Å². The van der Waals surface area contributed by atoms with Crippen LogP contribution >= 0.6 is 0 Å². The van der Waals surface area contributed by atoms with Gasteiger partial charge in [-0.25, -0.2) is 4.98 Å². The summed E-state index contributed by atoms with van der Waals surface area (Å²) in [5.74, 6) is 1.04. The number of nitrogens with zero attached hydrogens (tertiary/aromatic N) is 1. The third-order valence-corrected chi connectivity index (χ3v) is 3.39. The highest BCUT2D eigenvalue weighted by molar-refractivity contribution is 5.81. The molecule has 0 aliphatic carbocycles. The number of pyridine rings is 1. The Hall–Kier alpha value is -1.57. The predicted molar refractivity (Wildman–Crippen MR) is 79.1 cm³/mol. The number of aryl methyl sites for hydroxylation is 1. The van der Waals surface area contributed by atoms with Crippen molar-refractivity contribution in [3.05, 3.63) is 35.9 Å². The van der Waals surface area contributed by atoms with Crippen LogP contribution in [0.1, 0.15) is 38.7 Å². The average Bonchev–Trinajstić information content (AvgIpc) is 2.39. The highest BCUT2D eigenvalue weighted by Crippen LogP contribution is 2.21. The Kier molecular flexibility index (Phi) is 4.19. The Balaban J connectivity index is 2.29. The molecule has 0 amide bonds. The molecule has 0 saturated heterocycles. The monoisotopic (exact) mass is 242 g/mol. The molecule has 1 aromatic carbocycles. The van der Waals surface area contributed by atoms with Gasteiger partial charge in [0.25, 0.3) is 0 Å². The Morgan fingerprint density at radius 2 is 2.00 bits per heavy atom. The molecule has 2 aromatic rings. The van der Waals surface area contributed by atoms with Gasteiger partial charge in [0, 0.05) is 11.4 Å². The van der Waals surface area contributed by atoms with E-state index < -0.39 is 0 Å². The van der Waals surface area contributed by atoms with Crippen LogP contribution < -0.4 is 5.32 Å². The normalized spacial score (nSPS) is 12.6. The number of hydrogen-bond donors (Lipinski definition) is 1. The van der Waals surface area contributed by atoms with Crippen LogP contribution in [0.5, 0.6) is 0 Å². The zero-order valence-electron chi connectivity index (χ0n) is 11.5. The SMILES string of the molecule is CCCC(CC)Nc1nc2ccccc2cc1C. The molecule has 1 atom stereocenters. The largest absolute Gasteiger partial charge is 0.367 e. The van der Waals surface area contributed by atoms with Gasteiger partial charge in [-0.05, 0) is 37.5 Å². The van der Waals surface area contributed by atoms with Crippen molar-refractivity contribution in [3.63, 3.8) is 0 Å². The fraction of sp³-hybridized carbons (Fsp3) is 0.438. The zero-order chi connectivity index (χ0) is 13.0. The summed E-state index contributed by atoms with van der Waals surface area (Å²) < 4.78 is 0. The van der Waals surface area contributed by atoms with Crippen LogP contribution in [0.2, 0.25) is 0 Å². The fourth-order valence-corrected chi connectivity index (χ4v) is 2.29. The minimum atomic E-state index is 0.530. The Morgan fingerprint density at radius 1 is 1.22 bits per heavy atom. The first kappa shape index (κ1) is 12.9. The predicted octanol–water partition coefficient (Wildman–Crippen LogP) is 4.53. The van der Waals surface area contributed by atoms with Crippen LogP contribution in [0.25, 0.3) is 10.9 Å². The molecule has 1 unspecified atom stereocenters. The first-order valence-corrected chi connectivity index (χ1v) is 6.87. The van der Waals surface area contributed by atoms with Crippen LogP contribution in [0.15, 0.2) is 30.3 Å². The maximum absolute atomic E-state index is 4.73. The third-order valence-electron chi connectivity index (χ3n) is 3.39. The van der Waals surface area contributed by atoms with Gasteiger partial charge in [0.2, 0.25) is 0 Å². The Labute approximate surface area is 109 Å². The van der Waals surface area contributed by atoms with E-state index in [4.69, 9.17) is 4.98 Å². The smallest absolute Gasteiger partial charge is 0.129 e. The lowest BCUT2D eigenvalue weighted by Crippen LogP contribution is -2.19. The third kappa shape index (κ3) is 2.81. The van der Waals surface area contributed by atoms with Crippen molar-refractivity contribution < 1.29 is 0 Å². The molecule has 0 bridgehead atoms. The molecule has 0 fully saturated rings. The van der Waals surface area contributed by atoms with Crippen molar-refractivity contribution in [1.82, 2.24) is 4.98 Å². The molecule has 1 aromatic heterocycles. The van der Waals surface area contributed by atoms with E-state index in [0.717, 1.165) is 17.8 Å². The average molecular weight is 242 g/mol. The summed E-state index contributed by atoms with van der Waals surface area (Å²) in [5.41, 5.74) is 2.29. The molecule has 18 heavy (non-hydrogen) atoms. The van der Waals surface area contributed by atoms with Crippen molar-refractivity contribution in [2.45, 2.75) is 46.1 Å². The van der Waals surface area contributed by atoms with Crippen LogP contribution in [-0.2, 0) is 0 Å². The van der Waals surface area contributed by atoms with Crippen molar-refractivity contribution >= 4 is 16.7 Å². The lowest BCUT2D eigenvalue weighted by atomic mass is 10.1. The van der Waals surface area contributed by atoms with Gasteiger partial charge in [-0.2, -0.15) is 0 Å². The summed E-state index contributed by atoms with van der Waals surface area (Å²) in [6.45, 7) is 6.58. The summed E-state index contributed by atoms with van der Waals surface area (Å²) in [4.78, 5) is 4.73. The van der Waals surface area contributed by atoms with Crippen LogP contribution in [0.3, 0.4) is 0 Å². The first-order valence-electron chi connectivity index (χ1n) is 6.87. The molecule has 2 rings (SSSR count). The molecular weight excluding hydrogens is 220 g/mol. The second-order valence-corrected chi connectivity index (χ2v) is 4.88. The van der Waals surface area contributed by atoms with E-state index >= 15 is 0 Å². The second-order valence-electron chi connectivity index (χ2n) is 4.88. The van der Waals surface area contributed by atoms with Crippen molar-refractivity contribution in [3.8, 4) is 0 Å². The maximum Gasteiger partial charge on any atom is 0.129 e. The second kappa shape index (κ2) is 5.85. The first-order chi connectivity index (χ1) is 8.74. The zero-order valence-corrected chi connectivity index (χ0v) is 11.5. The number of para-hydroxylation sites is 1. The number of fused-ring (bicyclic) bond motifs is 1. The van der Waals surface area contributed by atoms with Gasteiger partial charge in [0.1, 0.15) is 5.82 Å². The number of aromatic nitrogens is 1. The van der Waals surface area contributed by atoms with Crippen LogP contribution in [-0.4, -0.2) is 11.0 Å². The number of benzene rings is 1. The Morgan fingerprint density at radius 3 is 2.72 bits per heavy atom. The fourth-order valence-electron chi connectivity index (χ4n) is 2.29. The lowest BCUT2D eigenvalue weighted by Gasteiger charge is -2.18. The summed E-state index contributed by atoms with van der Waals surface area (Å²) in [6.07, 6.45) is 3.55. The van der Waals surface area contributed by atoms with Gasteiger partial charge >= 0.3 is 0 Å². The highest BCUT2D eigenvalue weighted by atomic mass is 15.0. The van der Waals surface area contributed by atoms with Crippen LogP contribution in [0.4, 0.5) is 5.82 Å². The number of rotatable bonds is 5. The van der Waals surface area contributed by atoms with E-state index in [1.807, 2.05) is 6.07 Å². The van der Waals surface area contributed by atoms with Crippen molar-refractivity contribution in [2.24, 2.45) is 0 Å². The summed E-state index contributed by atoms with van der Waals surface area (Å²) in [6, 6.07) is 11.0. The molecule has 0 spiro atoms. The van der Waals surface area contributed by atoms with Gasteiger partial charge in [-0.1, -0.05) is 38.5 Å². The number of anilines is 1. The van der Waals surface area contributed by atoms with Crippen molar-refractivity contribution in [1.29, 1.82) is 0 Å². The van der Waals surface area contributed by atoms with Crippen molar-refractivity contribution in [2.75, 3.05) is 5.32 Å².